The molecule has 0 saturated carbocycles. The Bertz CT molecular complexity index is 971. The second kappa shape index (κ2) is 9.01. The molecule has 178 valence electrons. The molecule has 4 amide bonds. The lowest BCUT2D eigenvalue weighted by Gasteiger charge is -2.36. The van der Waals surface area contributed by atoms with Gasteiger partial charge in [0.2, 0.25) is 11.8 Å². The first-order valence-electron chi connectivity index (χ1n) is 11.1. The lowest BCUT2D eigenvalue weighted by Crippen LogP contribution is -2.52. The van der Waals surface area contributed by atoms with Gasteiger partial charge in [0, 0.05) is 25.1 Å². The largest absolute Gasteiger partial charge is 0.491 e. The van der Waals surface area contributed by atoms with Crippen molar-refractivity contribution < 1.29 is 33.4 Å². The summed E-state index contributed by atoms with van der Waals surface area (Å²) in [6.45, 7) is 7.14. The first kappa shape index (κ1) is 23.0. The van der Waals surface area contributed by atoms with Crippen molar-refractivity contribution in [3.8, 4) is 5.75 Å². The highest BCUT2D eigenvalue weighted by Crippen LogP contribution is 2.30. The van der Waals surface area contributed by atoms with Crippen molar-refractivity contribution in [3.05, 3.63) is 29.3 Å². The maximum Gasteiger partial charge on any atom is 0.410 e. The summed E-state index contributed by atoms with van der Waals surface area (Å²) in [6.07, 6.45) is 0.122. The molecule has 3 aliphatic rings. The highest BCUT2D eigenvalue weighted by molar-refractivity contribution is 6.05. The minimum atomic E-state index is -0.659. The SMILES string of the molecule is CC(C)(C)OC(=O)N1CCOC[C@H]1COc1ccc2c(c1)CN(C1CCC(=O)NC1=O)C2=O. The maximum absolute atomic E-state index is 12.8. The first-order valence-corrected chi connectivity index (χ1v) is 11.1. The first-order chi connectivity index (χ1) is 15.6. The molecule has 1 unspecified atom stereocenters. The number of nitrogens with one attached hydrogen (secondary N) is 1. The molecule has 3 aliphatic heterocycles. The van der Waals surface area contributed by atoms with Gasteiger partial charge in [0.15, 0.2) is 0 Å². The molecule has 10 nitrogen and oxygen atoms in total. The van der Waals surface area contributed by atoms with Gasteiger partial charge in [-0.05, 0) is 51.0 Å². The molecule has 1 N–H and O–H groups in total. The zero-order valence-electron chi connectivity index (χ0n) is 19.1. The Balaban J connectivity index is 1.40. The van der Waals surface area contributed by atoms with Crippen molar-refractivity contribution >= 4 is 23.8 Å². The topological polar surface area (TPSA) is 114 Å². The van der Waals surface area contributed by atoms with Crippen LogP contribution in [0.15, 0.2) is 18.2 Å². The zero-order chi connectivity index (χ0) is 23.8. The Kier molecular flexibility index (Phi) is 6.29. The standard InChI is InChI=1S/C23H29N3O7/c1-23(2,3)33-22(30)25-8-9-31-12-15(25)13-32-16-4-5-17-14(10-16)11-26(21(17)29)18-6-7-19(27)24-20(18)28/h4-5,10,15,18H,6-9,11-13H2,1-3H3,(H,24,27,28)/t15-,18?/m0/s1. The zero-order valence-corrected chi connectivity index (χ0v) is 19.1. The molecule has 2 saturated heterocycles. The Hall–Kier alpha value is -3.14. The fourth-order valence-corrected chi connectivity index (χ4v) is 4.19. The van der Waals surface area contributed by atoms with Crippen molar-refractivity contribution in [2.45, 2.75) is 57.8 Å². The average Bonchev–Trinajstić information content (AvgIpc) is 3.07. The summed E-state index contributed by atoms with van der Waals surface area (Å²) in [5, 5.41) is 2.30. The molecular formula is C23H29N3O7. The molecule has 0 spiro atoms. The van der Waals surface area contributed by atoms with Gasteiger partial charge in [-0.1, -0.05) is 0 Å². The minimum absolute atomic E-state index is 0.211. The van der Waals surface area contributed by atoms with Crippen LogP contribution < -0.4 is 10.1 Å². The summed E-state index contributed by atoms with van der Waals surface area (Å²) in [4.78, 5) is 52.1. The lowest BCUT2D eigenvalue weighted by atomic mass is 10.0. The quantitative estimate of drug-likeness (QED) is 0.678. The second-order valence-electron chi connectivity index (χ2n) is 9.43. The fourth-order valence-electron chi connectivity index (χ4n) is 4.19. The third-order valence-electron chi connectivity index (χ3n) is 5.79. The third kappa shape index (κ3) is 5.11. The number of carbonyl (C=O) groups excluding carboxylic acids is 4. The number of piperidine rings is 1. The van der Waals surface area contributed by atoms with Crippen molar-refractivity contribution in [1.29, 1.82) is 0 Å². The summed E-state index contributed by atoms with van der Waals surface area (Å²) in [7, 11) is 0. The van der Waals surface area contributed by atoms with E-state index in [1.807, 2.05) is 20.8 Å². The molecule has 4 rings (SSSR count). The monoisotopic (exact) mass is 459 g/mol. The average molecular weight is 459 g/mol. The molecule has 2 atom stereocenters. The second-order valence-corrected chi connectivity index (χ2v) is 9.43. The van der Waals surface area contributed by atoms with Gasteiger partial charge in [0.25, 0.3) is 5.91 Å². The van der Waals surface area contributed by atoms with Crippen molar-refractivity contribution in [1.82, 2.24) is 15.1 Å². The number of carbonyl (C=O) groups is 4. The molecule has 10 heteroatoms. The van der Waals surface area contributed by atoms with Gasteiger partial charge in [-0.2, -0.15) is 0 Å². The molecular weight excluding hydrogens is 430 g/mol. The van der Waals surface area contributed by atoms with Crippen LogP contribution in [0.25, 0.3) is 0 Å². The summed E-state index contributed by atoms with van der Waals surface area (Å²) < 4.78 is 17.0. The minimum Gasteiger partial charge on any atom is -0.491 e. The smallest absolute Gasteiger partial charge is 0.410 e. The van der Waals surface area contributed by atoms with Crippen molar-refractivity contribution in [2.75, 3.05) is 26.4 Å². The van der Waals surface area contributed by atoms with E-state index in [-0.39, 0.29) is 37.4 Å². The van der Waals surface area contributed by atoms with Crippen LogP contribution in [0, 0.1) is 0 Å². The van der Waals surface area contributed by atoms with Gasteiger partial charge in [-0.15, -0.1) is 0 Å². The predicted octanol–water partition coefficient (Wildman–Crippen LogP) is 1.46. The number of hydrogen-bond donors (Lipinski definition) is 1. The Morgan fingerprint density at radius 1 is 1.24 bits per heavy atom. The van der Waals surface area contributed by atoms with Crippen LogP contribution in [0.2, 0.25) is 0 Å². The molecule has 0 bridgehead atoms. The molecule has 1 aromatic rings. The van der Waals surface area contributed by atoms with Crippen LogP contribution in [0.1, 0.15) is 49.5 Å². The number of ether oxygens (including phenoxy) is 3. The molecule has 33 heavy (non-hydrogen) atoms. The van der Waals surface area contributed by atoms with E-state index in [4.69, 9.17) is 14.2 Å². The normalized spacial score (nSPS) is 23.3. The number of benzene rings is 1. The maximum atomic E-state index is 12.8. The van der Waals surface area contributed by atoms with Crippen molar-refractivity contribution in [3.63, 3.8) is 0 Å². The van der Waals surface area contributed by atoms with Crippen LogP contribution in [0.3, 0.4) is 0 Å². The summed E-state index contributed by atoms with van der Waals surface area (Å²) in [5.74, 6) is -0.434. The molecule has 3 heterocycles. The molecule has 2 fully saturated rings. The predicted molar refractivity (Wildman–Crippen MR) is 116 cm³/mol. The molecule has 0 aliphatic carbocycles. The van der Waals surface area contributed by atoms with Crippen LogP contribution in [0.4, 0.5) is 4.79 Å². The summed E-state index contributed by atoms with van der Waals surface area (Å²) >= 11 is 0. The van der Waals surface area contributed by atoms with E-state index in [9.17, 15) is 19.2 Å². The summed E-state index contributed by atoms with van der Waals surface area (Å²) in [5.41, 5.74) is 0.677. The third-order valence-corrected chi connectivity index (χ3v) is 5.79. The number of rotatable bonds is 4. The summed E-state index contributed by atoms with van der Waals surface area (Å²) in [6, 6.07) is 4.20. The Labute approximate surface area is 192 Å². The number of hydrogen-bond acceptors (Lipinski definition) is 7. The molecule has 0 aromatic heterocycles. The van der Waals surface area contributed by atoms with Gasteiger partial charge >= 0.3 is 6.09 Å². The Morgan fingerprint density at radius 3 is 2.76 bits per heavy atom. The molecule has 1 aromatic carbocycles. The van der Waals surface area contributed by atoms with Crippen LogP contribution >= 0.6 is 0 Å². The lowest BCUT2D eigenvalue weighted by molar-refractivity contribution is -0.136. The van der Waals surface area contributed by atoms with E-state index in [0.717, 1.165) is 5.56 Å². The number of morpholine rings is 1. The van der Waals surface area contributed by atoms with Gasteiger partial charge < -0.3 is 19.1 Å². The van der Waals surface area contributed by atoms with E-state index in [0.29, 0.717) is 37.5 Å². The number of imide groups is 1. The van der Waals surface area contributed by atoms with E-state index in [2.05, 4.69) is 5.32 Å². The van der Waals surface area contributed by atoms with Gasteiger partial charge in [-0.3, -0.25) is 24.6 Å². The van der Waals surface area contributed by atoms with Crippen LogP contribution in [-0.2, 0) is 25.6 Å². The molecule has 0 radical (unpaired) electrons. The number of amides is 4. The van der Waals surface area contributed by atoms with E-state index >= 15 is 0 Å². The number of nitrogens with zero attached hydrogens (tertiary/aromatic N) is 2. The highest BCUT2D eigenvalue weighted by atomic mass is 16.6. The van der Waals surface area contributed by atoms with Gasteiger partial charge in [0.05, 0.1) is 19.3 Å². The fraction of sp³-hybridized carbons (Fsp3) is 0.565. The van der Waals surface area contributed by atoms with Crippen LogP contribution in [-0.4, -0.2) is 77.7 Å². The van der Waals surface area contributed by atoms with Crippen molar-refractivity contribution in [2.24, 2.45) is 0 Å². The van der Waals surface area contributed by atoms with E-state index in [1.54, 1.807) is 23.1 Å². The van der Waals surface area contributed by atoms with Crippen LogP contribution in [0.5, 0.6) is 5.75 Å². The Morgan fingerprint density at radius 2 is 2.03 bits per heavy atom. The van der Waals surface area contributed by atoms with E-state index < -0.39 is 23.6 Å². The van der Waals surface area contributed by atoms with Gasteiger partial charge in [-0.25, -0.2) is 4.79 Å². The number of fused-ring (bicyclic) bond motifs is 1. The van der Waals surface area contributed by atoms with E-state index in [1.165, 1.54) is 4.90 Å². The highest BCUT2D eigenvalue weighted by Gasteiger charge is 2.39. The van der Waals surface area contributed by atoms with Gasteiger partial charge in [0.1, 0.15) is 24.0 Å².